The molecule has 0 saturated carbocycles. The summed E-state index contributed by atoms with van der Waals surface area (Å²) in [5.41, 5.74) is -0.360. The van der Waals surface area contributed by atoms with Crippen LogP contribution in [0.2, 0.25) is 0 Å². The van der Waals surface area contributed by atoms with Crippen LogP contribution in [0.5, 0.6) is 0 Å². The Labute approximate surface area is 197 Å². The van der Waals surface area contributed by atoms with E-state index in [9.17, 15) is 14.4 Å². The second-order valence-corrected chi connectivity index (χ2v) is 10.7. The largest absolute Gasteiger partial charge is 0.396 e. The van der Waals surface area contributed by atoms with Crippen molar-refractivity contribution in [1.29, 1.82) is 0 Å². The molecule has 4 N–H and O–H groups in total. The number of aldehydes is 1. The quantitative estimate of drug-likeness (QED) is 0.175. The number of fused-ring (bicyclic) bond motifs is 1. The van der Waals surface area contributed by atoms with Crippen LogP contribution < -0.4 is 16.0 Å². The Morgan fingerprint density at radius 3 is 2.72 bits per heavy atom. The Balaban J connectivity index is 0.000000633. The lowest BCUT2D eigenvalue weighted by Crippen LogP contribution is -2.36. The van der Waals surface area contributed by atoms with Crippen molar-refractivity contribution in [2.45, 2.75) is 95.6 Å². The lowest BCUT2D eigenvalue weighted by atomic mass is 10.0. The van der Waals surface area contributed by atoms with Crippen molar-refractivity contribution in [3.63, 3.8) is 0 Å². The zero-order valence-corrected chi connectivity index (χ0v) is 21.0. The second kappa shape index (κ2) is 15.5. The number of carbonyl (C=O) groups is 3. The fraction of sp³-hybridized carbons (Fsp3) is 0.870. The third-order valence-corrected chi connectivity index (χ3v) is 7.08. The highest BCUT2D eigenvalue weighted by molar-refractivity contribution is 8.00. The van der Waals surface area contributed by atoms with Crippen LogP contribution in [0.1, 0.15) is 72.6 Å². The molecule has 2 heterocycles. The molecule has 3 amide bonds. The van der Waals surface area contributed by atoms with Gasteiger partial charge in [-0.15, -0.1) is 0 Å². The molecule has 2 fully saturated rings. The van der Waals surface area contributed by atoms with Crippen LogP contribution in [0.3, 0.4) is 0 Å². The van der Waals surface area contributed by atoms with Crippen LogP contribution >= 0.6 is 11.8 Å². The van der Waals surface area contributed by atoms with Gasteiger partial charge < -0.3 is 30.6 Å². The van der Waals surface area contributed by atoms with E-state index in [1.165, 1.54) is 0 Å². The summed E-state index contributed by atoms with van der Waals surface area (Å²) in [6.45, 7) is 9.13. The molecule has 0 aromatic heterocycles. The number of amides is 3. The highest BCUT2D eigenvalue weighted by Crippen LogP contribution is 2.33. The van der Waals surface area contributed by atoms with Crippen molar-refractivity contribution in [2.24, 2.45) is 5.92 Å². The molecule has 2 saturated heterocycles. The number of aliphatic hydroxyl groups is 1. The highest BCUT2D eigenvalue weighted by atomic mass is 32.2. The smallest absolute Gasteiger partial charge is 0.315 e. The molecule has 0 radical (unpaired) electrons. The minimum absolute atomic E-state index is 0.0518. The molecule has 8 nitrogen and oxygen atoms in total. The van der Waals surface area contributed by atoms with Crippen LogP contribution in [-0.2, 0) is 14.3 Å². The van der Waals surface area contributed by atoms with Crippen molar-refractivity contribution in [3.05, 3.63) is 0 Å². The summed E-state index contributed by atoms with van der Waals surface area (Å²) in [5, 5.41) is 18.2. The van der Waals surface area contributed by atoms with E-state index < -0.39 is 0 Å². The van der Waals surface area contributed by atoms with Crippen LogP contribution in [0.25, 0.3) is 0 Å². The number of rotatable bonds is 14. The summed E-state index contributed by atoms with van der Waals surface area (Å²) in [6, 6.07) is 0.454. The number of hydrogen-bond acceptors (Lipinski definition) is 6. The van der Waals surface area contributed by atoms with E-state index >= 15 is 0 Å². The zero-order chi connectivity index (χ0) is 24.0. The average molecular weight is 474 g/mol. The zero-order valence-electron chi connectivity index (χ0n) is 20.2. The van der Waals surface area contributed by atoms with Gasteiger partial charge in [0.15, 0.2) is 0 Å². The van der Waals surface area contributed by atoms with Gasteiger partial charge in [-0.2, -0.15) is 11.8 Å². The topological polar surface area (TPSA) is 117 Å². The van der Waals surface area contributed by atoms with E-state index in [1.54, 1.807) is 0 Å². The van der Waals surface area contributed by atoms with Gasteiger partial charge in [-0.25, -0.2) is 4.79 Å². The van der Waals surface area contributed by atoms with Crippen LogP contribution in [-0.4, -0.2) is 71.8 Å². The van der Waals surface area contributed by atoms with Gasteiger partial charge in [-0.3, -0.25) is 4.79 Å². The van der Waals surface area contributed by atoms with Crippen LogP contribution in [0.4, 0.5) is 4.79 Å². The molecule has 0 aromatic carbocycles. The third kappa shape index (κ3) is 12.1. The fourth-order valence-electron chi connectivity index (χ4n) is 3.62. The molecular weight excluding hydrogens is 430 g/mol. The van der Waals surface area contributed by atoms with E-state index in [4.69, 9.17) is 9.84 Å². The molecule has 9 heteroatoms. The Morgan fingerprint density at radius 1 is 1.34 bits per heavy atom. The minimum atomic E-state index is -0.360. The molecule has 0 aromatic rings. The Morgan fingerprint density at radius 2 is 2.09 bits per heavy atom. The maximum Gasteiger partial charge on any atom is 0.315 e. The first kappa shape index (κ1) is 28.7. The second-order valence-electron chi connectivity index (χ2n) is 9.44. The number of nitrogens with one attached hydrogen (secondary N) is 3. The summed E-state index contributed by atoms with van der Waals surface area (Å²) in [6.07, 6.45) is 6.71. The maximum absolute atomic E-state index is 11.8. The number of ether oxygens (including phenoxy) is 1. The molecule has 32 heavy (non-hydrogen) atoms. The van der Waals surface area contributed by atoms with Gasteiger partial charge in [-0.05, 0) is 45.4 Å². The molecule has 2 rings (SSSR count). The van der Waals surface area contributed by atoms with Gasteiger partial charge in [0.2, 0.25) is 5.91 Å². The minimum Gasteiger partial charge on any atom is -0.396 e. The number of urea groups is 1. The monoisotopic (exact) mass is 473 g/mol. The highest BCUT2D eigenvalue weighted by Gasteiger charge is 2.42. The number of unbranched alkanes of at least 4 members (excludes halogenated alkanes) is 1. The lowest BCUT2D eigenvalue weighted by Gasteiger charge is -2.24. The van der Waals surface area contributed by atoms with Crippen molar-refractivity contribution < 1.29 is 24.2 Å². The summed E-state index contributed by atoms with van der Waals surface area (Å²) in [4.78, 5) is 32.9. The van der Waals surface area contributed by atoms with Crippen molar-refractivity contribution in [3.8, 4) is 0 Å². The number of carbonyl (C=O) groups excluding carboxylic acids is 3. The van der Waals surface area contributed by atoms with Gasteiger partial charge in [0, 0.05) is 37.0 Å². The van der Waals surface area contributed by atoms with Gasteiger partial charge >= 0.3 is 6.03 Å². The molecule has 2 aliphatic heterocycles. The molecule has 2 aliphatic rings. The molecule has 0 spiro atoms. The average Bonchev–Trinajstić information content (AvgIpc) is 3.27. The first-order valence-corrected chi connectivity index (χ1v) is 12.9. The fourth-order valence-corrected chi connectivity index (χ4v) is 5.17. The van der Waals surface area contributed by atoms with Gasteiger partial charge in [0.1, 0.15) is 6.29 Å². The predicted molar refractivity (Wildman–Crippen MR) is 129 cm³/mol. The Bertz CT molecular complexity index is 574. The molecule has 0 unspecified atom stereocenters. The van der Waals surface area contributed by atoms with Crippen LogP contribution in [0, 0.1) is 5.92 Å². The molecular formula is C23H43N3O5S. The van der Waals surface area contributed by atoms with Crippen LogP contribution in [0.15, 0.2) is 0 Å². The van der Waals surface area contributed by atoms with Crippen molar-refractivity contribution in [2.75, 3.05) is 25.5 Å². The standard InChI is InChI=1S/C17H31N3O4S.C6H12O/c1-17(2,7-9-21)24-10-8-18-14(22)6-4-3-5-13-15-12(11-25-13)19-16(23)20-15;1-6(2)4-3-5-7/h12-13,15,21H,3-11H2,1-2H3,(H,18,22)(H2,19,20,23);5-6H,3-4H2,1-2H3/t12-,13-,15-;/m0./s1. The first-order chi connectivity index (χ1) is 15.2. The Hall–Kier alpha value is -1.32. The Kier molecular flexibility index (Phi) is 13.9. The van der Waals surface area contributed by atoms with Gasteiger partial charge in [0.05, 0.1) is 24.3 Å². The summed E-state index contributed by atoms with van der Waals surface area (Å²) in [7, 11) is 0. The summed E-state index contributed by atoms with van der Waals surface area (Å²) in [5.74, 6) is 1.70. The van der Waals surface area contributed by atoms with Crippen molar-refractivity contribution in [1.82, 2.24) is 16.0 Å². The lowest BCUT2D eigenvalue weighted by molar-refractivity contribution is -0.122. The van der Waals surface area contributed by atoms with E-state index in [2.05, 4.69) is 29.8 Å². The molecule has 3 atom stereocenters. The normalized spacial score (nSPS) is 21.9. The van der Waals surface area contributed by atoms with Gasteiger partial charge in [-0.1, -0.05) is 20.3 Å². The molecule has 0 aliphatic carbocycles. The van der Waals surface area contributed by atoms with Crippen molar-refractivity contribution >= 4 is 30.0 Å². The van der Waals surface area contributed by atoms with E-state index in [-0.39, 0.29) is 36.2 Å². The molecule has 186 valence electrons. The number of hydrogen-bond donors (Lipinski definition) is 4. The van der Waals surface area contributed by atoms with Gasteiger partial charge in [0.25, 0.3) is 0 Å². The van der Waals surface area contributed by atoms with E-state index in [1.807, 2.05) is 25.6 Å². The predicted octanol–water partition coefficient (Wildman–Crippen LogP) is 2.63. The number of aliphatic hydroxyl groups excluding tert-OH is 1. The number of thioether (sulfide) groups is 1. The summed E-state index contributed by atoms with van der Waals surface area (Å²) < 4.78 is 5.64. The third-order valence-electron chi connectivity index (χ3n) is 5.57. The molecule has 0 bridgehead atoms. The van der Waals surface area contributed by atoms with E-state index in [0.717, 1.165) is 44.1 Å². The van der Waals surface area contributed by atoms with E-state index in [0.29, 0.717) is 37.2 Å². The first-order valence-electron chi connectivity index (χ1n) is 11.8. The summed E-state index contributed by atoms with van der Waals surface area (Å²) >= 11 is 1.91. The maximum atomic E-state index is 11.8. The SMILES string of the molecule is CC(C)(CCO)OCCNC(=O)CCCC[C@@H]1SC[C@@H]2NC(=O)N[C@@H]21.CC(C)CCC=O.